The highest BCUT2D eigenvalue weighted by atomic mass is 35.5. The summed E-state index contributed by atoms with van der Waals surface area (Å²) < 4.78 is 10.4. The summed E-state index contributed by atoms with van der Waals surface area (Å²) >= 11 is 6.00. The lowest BCUT2D eigenvalue weighted by Crippen LogP contribution is -2.24. The Bertz CT molecular complexity index is 1020. The minimum absolute atomic E-state index is 0.255. The number of rotatable bonds is 4. The van der Waals surface area contributed by atoms with Crippen LogP contribution in [0.1, 0.15) is 29.3 Å². The average molecular weight is 397 g/mol. The molecule has 0 fully saturated rings. The molecule has 3 aromatic rings. The first kappa shape index (κ1) is 18.7. The zero-order chi connectivity index (χ0) is 19.5. The summed E-state index contributed by atoms with van der Waals surface area (Å²) in [4.78, 5) is 16.8. The predicted octanol–water partition coefficient (Wildman–Crippen LogP) is 4.66. The standard InChI is InChI=1S/C22H21ClN2O3/c1-2-27-22(26)28-20-12-16-6-5-15-9-10-24-13-18(15)21(16)25-19(20)11-14-3-7-17(23)8-4-14/h3-8,12,24H,2,9-11,13H2,1H3. The fourth-order valence-corrected chi connectivity index (χ4v) is 3.60. The third-order valence-electron chi connectivity index (χ3n) is 4.84. The summed E-state index contributed by atoms with van der Waals surface area (Å²) in [6.07, 6.45) is 0.792. The molecule has 0 saturated heterocycles. The molecule has 6 heteroatoms. The van der Waals surface area contributed by atoms with E-state index in [-0.39, 0.29) is 6.61 Å². The fraction of sp³-hybridized carbons (Fsp3) is 0.273. The minimum atomic E-state index is -0.722. The Morgan fingerprint density at radius 3 is 2.82 bits per heavy atom. The maximum Gasteiger partial charge on any atom is 0.513 e. The molecular formula is C22H21ClN2O3. The number of carbonyl (C=O) groups excluding carboxylic acids is 1. The molecule has 0 saturated carbocycles. The van der Waals surface area contributed by atoms with Gasteiger partial charge in [0.2, 0.25) is 0 Å². The van der Waals surface area contributed by atoms with Crippen LogP contribution in [-0.2, 0) is 24.1 Å². The minimum Gasteiger partial charge on any atom is -0.434 e. The van der Waals surface area contributed by atoms with Crippen molar-refractivity contribution in [2.75, 3.05) is 13.2 Å². The molecule has 0 unspecified atom stereocenters. The number of pyridine rings is 1. The molecule has 2 aromatic carbocycles. The molecule has 0 spiro atoms. The van der Waals surface area contributed by atoms with Crippen LogP contribution in [0.2, 0.25) is 5.02 Å². The van der Waals surface area contributed by atoms with E-state index >= 15 is 0 Å². The Morgan fingerprint density at radius 1 is 1.21 bits per heavy atom. The molecule has 0 atom stereocenters. The van der Waals surface area contributed by atoms with E-state index in [0.29, 0.717) is 22.9 Å². The van der Waals surface area contributed by atoms with Crippen molar-refractivity contribution in [3.8, 4) is 5.75 Å². The first-order chi connectivity index (χ1) is 13.6. The monoisotopic (exact) mass is 396 g/mol. The number of hydrogen-bond acceptors (Lipinski definition) is 5. The van der Waals surface area contributed by atoms with Gasteiger partial charge in [0.1, 0.15) is 0 Å². The first-order valence-corrected chi connectivity index (χ1v) is 9.76. The number of carbonyl (C=O) groups is 1. The number of nitrogens with one attached hydrogen (secondary N) is 1. The second kappa shape index (κ2) is 8.17. The predicted molar refractivity (Wildman–Crippen MR) is 109 cm³/mol. The van der Waals surface area contributed by atoms with Crippen molar-refractivity contribution >= 4 is 28.7 Å². The van der Waals surface area contributed by atoms with Gasteiger partial charge in [0.05, 0.1) is 17.8 Å². The van der Waals surface area contributed by atoms with Crippen LogP contribution in [0, 0.1) is 0 Å². The van der Waals surface area contributed by atoms with Crippen LogP contribution in [0.3, 0.4) is 0 Å². The number of benzene rings is 2. The van der Waals surface area contributed by atoms with E-state index in [9.17, 15) is 4.79 Å². The quantitative estimate of drug-likeness (QED) is 0.650. The van der Waals surface area contributed by atoms with Crippen LogP contribution in [0.15, 0.2) is 42.5 Å². The molecule has 1 aliphatic heterocycles. The van der Waals surface area contributed by atoms with Crippen LogP contribution in [-0.4, -0.2) is 24.3 Å². The molecule has 144 valence electrons. The van der Waals surface area contributed by atoms with E-state index in [4.69, 9.17) is 26.1 Å². The lowest BCUT2D eigenvalue weighted by atomic mass is 9.97. The molecular weight excluding hydrogens is 376 g/mol. The van der Waals surface area contributed by atoms with E-state index in [1.807, 2.05) is 36.4 Å². The van der Waals surface area contributed by atoms with Gasteiger partial charge in [-0.3, -0.25) is 0 Å². The number of nitrogens with zero attached hydrogens (tertiary/aromatic N) is 1. The van der Waals surface area contributed by atoms with Crippen molar-refractivity contribution in [3.63, 3.8) is 0 Å². The maximum absolute atomic E-state index is 11.9. The number of fused-ring (bicyclic) bond motifs is 3. The highest BCUT2D eigenvalue weighted by Gasteiger charge is 2.18. The Morgan fingerprint density at radius 2 is 2.04 bits per heavy atom. The van der Waals surface area contributed by atoms with Gasteiger partial charge >= 0.3 is 6.16 Å². The number of halogens is 1. The zero-order valence-corrected chi connectivity index (χ0v) is 16.4. The lowest BCUT2D eigenvalue weighted by Gasteiger charge is -2.20. The normalized spacial score (nSPS) is 13.2. The van der Waals surface area contributed by atoms with E-state index < -0.39 is 6.16 Å². The maximum atomic E-state index is 11.9. The van der Waals surface area contributed by atoms with Crippen LogP contribution in [0.5, 0.6) is 5.75 Å². The van der Waals surface area contributed by atoms with Crippen LogP contribution >= 0.6 is 11.6 Å². The number of ether oxygens (including phenoxy) is 2. The van der Waals surface area contributed by atoms with Crippen molar-refractivity contribution in [2.45, 2.75) is 26.3 Å². The molecule has 0 amide bonds. The average Bonchev–Trinajstić information content (AvgIpc) is 2.70. The highest BCUT2D eigenvalue weighted by Crippen LogP contribution is 2.30. The van der Waals surface area contributed by atoms with Crippen molar-refractivity contribution < 1.29 is 14.3 Å². The van der Waals surface area contributed by atoms with Gasteiger partial charge in [0.25, 0.3) is 0 Å². The lowest BCUT2D eigenvalue weighted by molar-refractivity contribution is 0.104. The van der Waals surface area contributed by atoms with Crippen molar-refractivity contribution in [3.05, 3.63) is 69.9 Å². The SMILES string of the molecule is CCOC(=O)Oc1cc2ccc3c(c2nc1Cc1ccc(Cl)cc1)CNCC3. The summed E-state index contributed by atoms with van der Waals surface area (Å²) in [6, 6.07) is 13.6. The van der Waals surface area contributed by atoms with Crippen molar-refractivity contribution in [1.82, 2.24) is 10.3 Å². The van der Waals surface area contributed by atoms with E-state index in [2.05, 4.69) is 11.4 Å². The Labute approximate surface area is 168 Å². The van der Waals surface area contributed by atoms with Gasteiger partial charge < -0.3 is 14.8 Å². The van der Waals surface area contributed by atoms with Crippen LogP contribution < -0.4 is 10.1 Å². The molecule has 2 heterocycles. The molecule has 4 rings (SSSR count). The van der Waals surface area contributed by atoms with E-state index in [1.54, 1.807) is 6.92 Å². The summed E-state index contributed by atoms with van der Waals surface area (Å²) in [6.45, 7) is 3.76. The fourth-order valence-electron chi connectivity index (χ4n) is 3.47. The first-order valence-electron chi connectivity index (χ1n) is 9.38. The highest BCUT2D eigenvalue weighted by molar-refractivity contribution is 6.30. The Kier molecular flexibility index (Phi) is 5.46. The third-order valence-corrected chi connectivity index (χ3v) is 5.09. The second-order valence-corrected chi connectivity index (χ2v) is 7.16. The molecule has 0 aliphatic carbocycles. The molecule has 0 bridgehead atoms. The summed E-state index contributed by atoms with van der Waals surface area (Å²) in [7, 11) is 0. The summed E-state index contributed by atoms with van der Waals surface area (Å²) in [5.41, 5.74) is 5.21. The van der Waals surface area contributed by atoms with Crippen LogP contribution in [0.25, 0.3) is 10.9 Å². The van der Waals surface area contributed by atoms with Gasteiger partial charge in [-0.2, -0.15) is 0 Å². The molecule has 1 aromatic heterocycles. The summed E-state index contributed by atoms with van der Waals surface area (Å²) in [5.74, 6) is 0.421. The smallest absolute Gasteiger partial charge is 0.434 e. The van der Waals surface area contributed by atoms with Gasteiger partial charge in [0, 0.05) is 23.4 Å². The van der Waals surface area contributed by atoms with Gasteiger partial charge in [-0.25, -0.2) is 9.78 Å². The second-order valence-electron chi connectivity index (χ2n) is 6.72. The third kappa shape index (κ3) is 3.96. The van der Waals surface area contributed by atoms with Gasteiger partial charge in [0.15, 0.2) is 5.75 Å². The van der Waals surface area contributed by atoms with Gasteiger partial charge in [-0.05, 0) is 54.8 Å². The van der Waals surface area contributed by atoms with Gasteiger partial charge in [-0.15, -0.1) is 0 Å². The molecule has 28 heavy (non-hydrogen) atoms. The van der Waals surface area contributed by atoms with Crippen molar-refractivity contribution in [2.24, 2.45) is 0 Å². The Balaban J connectivity index is 1.79. The molecule has 0 radical (unpaired) electrons. The van der Waals surface area contributed by atoms with E-state index in [1.165, 1.54) is 11.1 Å². The molecule has 1 N–H and O–H groups in total. The Hall–Kier alpha value is -2.63. The zero-order valence-electron chi connectivity index (χ0n) is 15.6. The number of aromatic nitrogens is 1. The molecule has 1 aliphatic rings. The summed E-state index contributed by atoms with van der Waals surface area (Å²) in [5, 5.41) is 5.04. The largest absolute Gasteiger partial charge is 0.513 e. The number of hydrogen-bond donors (Lipinski definition) is 1. The van der Waals surface area contributed by atoms with E-state index in [0.717, 1.165) is 36.0 Å². The molecule has 5 nitrogen and oxygen atoms in total. The van der Waals surface area contributed by atoms with Crippen LogP contribution in [0.4, 0.5) is 4.79 Å². The van der Waals surface area contributed by atoms with Gasteiger partial charge in [-0.1, -0.05) is 35.9 Å². The van der Waals surface area contributed by atoms with Crippen molar-refractivity contribution in [1.29, 1.82) is 0 Å². The topological polar surface area (TPSA) is 60.5 Å².